The van der Waals surface area contributed by atoms with Crippen LogP contribution in [0.4, 0.5) is 0 Å². The number of aryl methyl sites for hydroxylation is 2. The van der Waals surface area contributed by atoms with Crippen molar-refractivity contribution < 1.29 is 4.79 Å². The number of nitrogens with zero attached hydrogens (tertiary/aromatic N) is 2. The summed E-state index contributed by atoms with van der Waals surface area (Å²) in [4.78, 5) is 16.2. The molecule has 1 N–H and O–H groups in total. The van der Waals surface area contributed by atoms with Crippen molar-refractivity contribution in [2.75, 3.05) is 6.54 Å². The van der Waals surface area contributed by atoms with Crippen LogP contribution in [0.15, 0.2) is 35.1 Å². The first-order chi connectivity index (χ1) is 9.08. The monoisotopic (exact) mass is 321 g/mol. The molecule has 1 amide bonds. The minimum atomic E-state index is -0.0511. The van der Waals surface area contributed by atoms with E-state index in [2.05, 4.69) is 26.2 Å². The zero-order valence-electron chi connectivity index (χ0n) is 11.0. The number of hydrogen-bond acceptors (Lipinski definition) is 2. The highest BCUT2D eigenvalue weighted by Gasteiger charge is 2.07. The maximum Gasteiger partial charge on any atom is 0.251 e. The molecular weight excluding hydrogens is 306 g/mol. The molecule has 0 fully saturated rings. The van der Waals surface area contributed by atoms with E-state index in [9.17, 15) is 4.79 Å². The zero-order valence-corrected chi connectivity index (χ0v) is 12.6. The lowest BCUT2D eigenvalue weighted by molar-refractivity contribution is 0.0954. The van der Waals surface area contributed by atoms with Gasteiger partial charge in [0.25, 0.3) is 5.91 Å². The molecule has 2 aromatic rings. The quantitative estimate of drug-likeness (QED) is 0.940. The molecular formula is C14H16BrN3O. The van der Waals surface area contributed by atoms with E-state index >= 15 is 0 Å². The number of aromatic nitrogens is 2. The van der Waals surface area contributed by atoms with Crippen LogP contribution < -0.4 is 5.32 Å². The van der Waals surface area contributed by atoms with Gasteiger partial charge in [-0.25, -0.2) is 4.98 Å². The van der Waals surface area contributed by atoms with E-state index in [0.717, 1.165) is 22.3 Å². The minimum absolute atomic E-state index is 0.0511. The number of carbonyl (C=O) groups is 1. The van der Waals surface area contributed by atoms with E-state index in [1.807, 2.05) is 42.9 Å². The third-order valence-electron chi connectivity index (χ3n) is 2.98. The molecule has 1 aromatic heterocycles. The largest absolute Gasteiger partial charge is 0.352 e. The van der Waals surface area contributed by atoms with Crippen LogP contribution in [-0.4, -0.2) is 22.0 Å². The molecule has 0 atom stereocenters. The van der Waals surface area contributed by atoms with E-state index in [1.165, 1.54) is 0 Å². The predicted molar refractivity (Wildman–Crippen MR) is 78.1 cm³/mol. The summed E-state index contributed by atoms with van der Waals surface area (Å²) in [7, 11) is 1.95. The molecule has 2 rings (SSSR count). The number of benzene rings is 1. The standard InChI is InChI=1S/C14H16BrN3O/c1-10-9-11(3-4-12(10)15)14(19)17-6-5-13-16-7-8-18(13)2/h3-4,7-9H,5-6H2,1-2H3,(H,17,19). The average Bonchev–Trinajstić information content (AvgIpc) is 2.78. The number of amides is 1. The molecule has 4 nitrogen and oxygen atoms in total. The Balaban J connectivity index is 1.91. The van der Waals surface area contributed by atoms with Gasteiger partial charge >= 0.3 is 0 Å². The summed E-state index contributed by atoms with van der Waals surface area (Å²) < 4.78 is 2.97. The zero-order chi connectivity index (χ0) is 13.8. The van der Waals surface area contributed by atoms with Crippen molar-refractivity contribution in [2.24, 2.45) is 7.05 Å². The van der Waals surface area contributed by atoms with E-state index in [4.69, 9.17) is 0 Å². The van der Waals surface area contributed by atoms with E-state index in [-0.39, 0.29) is 5.91 Å². The fourth-order valence-electron chi connectivity index (χ4n) is 1.81. The van der Waals surface area contributed by atoms with Gasteiger partial charge in [-0.05, 0) is 30.7 Å². The van der Waals surface area contributed by atoms with E-state index in [0.29, 0.717) is 12.1 Å². The first-order valence-electron chi connectivity index (χ1n) is 6.08. The fourth-order valence-corrected chi connectivity index (χ4v) is 2.06. The van der Waals surface area contributed by atoms with Gasteiger partial charge in [-0.2, -0.15) is 0 Å². The number of hydrogen-bond donors (Lipinski definition) is 1. The maximum atomic E-state index is 12.0. The van der Waals surface area contributed by atoms with Gasteiger partial charge in [0, 0.05) is 42.4 Å². The van der Waals surface area contributed by atoms with Crippen molar-refractivity contribution in [3.05, 3.63) is 52.0 Å². The van der Waals surface area contributed by atoms with Crippen molar-refractivity contribution in [3.8, 4) is 0 Å². The highest BCUT2D eigenvalue weighted by molar-refractivity contribution is 9.10. The number of halogens is 1. The Kier molecular flexibility index (Phi) is 4.37. The van der Waals surface area contributed by atoms with Crippen molar-refractivity contribution in [1.82, 2.24) is 14.9 Å². The van der Waals surface area contributed by atoms with Gasteiger partial charge in [-0.15, -0.1) is 0 Å². The third-order valence-corrected chi connectivity index (χ3v) is 3.87. The van der Waals surface area contributed by atoms with Gasteiger partial charge in [-0.3, -0.25) is 4.79 Å². The Morgan fingerprint density at radius 2 is 2.26 bits per heavy atom. The van der Waals surface area contributed by atoms with Gasteiger partial charge in [0.15, 0.2) is 0 Å². The molecule has 5 heteroatoms. The summed E-state index contributed by atoms with van der Waals surface area (Å²) in [5, 5.41) is 2.90. The second kappa shape index (κ2) is 6.02. The van der Waals surface area contributed by atoms with Gasteiger partial charge < -0.3 is 9.88 Å². The van der Waals surface area contributed by atoms with Crippen molar-refractivity contribution >= 4 is 21.8 Å². The average molecular weight is 322 g/mol. The molecule has 0 aliphatic carbocycles. The summed E-state index contributed by atoms with van der Waals surface area (Å²) in [6.07, 6.45) is 4.38. The summed E-state index contributed by atoms with van der Waals surface area (Å²) >= 11 is 3.42. The normalized spacial score (nSPS) is 10.5. The van der Waals surface area contributed by atoms with Crippen LogP contribution in [0.3, 0.4) is 0 Å². The molecule has 0 aliphatic rings. The van der Waals surface area contributed by atoms with Crippen molar-refractivity contribution in [2.45, 2.75) is 13.3 Å². The highest BCUT2D eigenvalue weighted by atomic mass is 79.9. The van der Waals surface area contributed by atoms with Gasteiger partial charge in [0.1, 0.15) is 5.82 Å². The number of nitrogens with one attached hydrogen (secondary N) is 1. The second-order valence-corrected chi connectivity index (χ2v) is 5.28. The predicted octanol–water partition coefficient (Wildman–Crippen LogP) is 2.46. The Morgan fingerprint density at radius 3 is 2.89 bits per heavy atom. The molecule has 0 unspecified atom stereocenters. The Labute approximate surface area is 121 Å². The Bertz CT molecular complexity index is 592. The van der Waals surface area contributed by atoms with Crippen LogP contribution in [0.2, 0.25) is 0 Å². The number of carbonyl (C=O) groups excluding carboxylic acids is 1. The molecule has 0 saturated carbocycles. The summed E-state index contributed by atoms with van der Waals surface area (Å²) in [5.41, 5.74) is 1.73. The van der Waals surface area contributed by atoms with Crippen LogP contribution in [0, 0.1) is 6.92 Å². The Hall–Kier alpha value is -1.62. The first-order valence-corrected chi connectivity index (χ1v) is 6.88. The third kappa shape index (κ3) is 3.44. The highest BCUT2D eigenvalue weighted by Crippen LogP contribution is 2.16. The van der Waals surface area contributed by atoms with Gasteiger partial charge in [0.2, 0.25) is 0 Å². The SMILES string of the molecule is Cc1cc(C(=O)NCCc2nccn2C)ccc1Br. The smallest absolute Gasteiger partial charge is 0.251 e. The molecule has 0 spiro atoms. The van der Waals surface area contributed by atoms with Crippen molar-refractivity contribution in [3.63, 3.8) is 0 Å². The Morgan fingerprint density at radius 1 is 1.47 bits per heavy atom. The van der Waals surface area contributed by atoms with Crippen LogP contribution in [0.25, 0.3) is 0 Å². The molecule has 100 valence electrons. The summed E-state index contributed by atoms with van der Waals surface area (Å²) in [6.45, 7) is 2.55. The first kappa shape index (κ1) is 13.8. The van der Waals surface area contributed by atoms with Crippen LogP contribution in [0.1, 0.15) is 21.7 Å². The van der Waals surface area contributed by atoms with Crippen LogP contribution in [0.5, 0.6) is 0 Å². The number of rotatable bonds is 4. The summed E-state index contributed by atoms with van der Waals surface area (Å²) in [5.74, 6) is 0.914. The van der Waals surface area contributed by atoms with Gasteiger partial charge in [0.05, 0.1) is 0 Å². The maximum absolute atomic E-state index is 12.0. The molecule has 0 radical (unpaired) electrons. The molecule has 1 heterocycles. The van der Waals surface area contributed by atoms with E-state index in [1.54, 1.807) is 6.20 Å². The molecule has 0 saturated heterocycles. The van der Waals surface area contributed by atoms with Crippen molar-refractivity contribution in [1.29, 1.82) is 0 Å². The lowest BCUT2D eigenvalue weighted by Crippen LogP contribution is -2.26. The lowest BCUT2D eigenvalue weighted by Gasteiger charge is -2.07. The fraction of sp³-hybridized carbons (Fsp3) is 0.286. The number of imidazole rings is 1. The topological polar surface area (TPSA) is 46.9 Å². The van der Waals surface area contributed by atoms with Crippen LogP contribution >= 0.6 is 15.9 Å². The molecule has 1 aromatic carbocycles. The molecule has 19 heavy (non-hydrogen) atoms. The minimum Gasteiger partial charge on any atom is -0.352 e. The lowest BCUT2D eigenvalue weighted by atomic mass is 10.1. The molecule has 0 bridgehead atoms. The van der Waals surface area contributed by atoms with Crippen LogP contribution in [-0.2, 0) is 13.5 Å². The second-order valence-electron chi connectivity index (χ2n) is 4.42. The molecule has 0 aliphatic heterocycles. The van der Waals surface area contributed by atoms with E-state index < -0.39 is 0 Å². The summed E-state index contributed by atoms with van der Waals surface area (Å²) in [6, 6.07) is 5.58. The van der Waals surface area contributed by atoms with Gasteiger partial charge in [-0.1, -0.05) is 15.9 Å².